The van der Waals surface area contributed by atoms with Crippen LogP contribution in [-0.4, -0.2) is 0 Å². The maximum absolute atomic E-state index is 3.65. The van der Waals surface area contributed by atoms with Gasteiger partial charge < -0.3 is 0 Å². The fourth-order valence-corrected chi connectivity index (χ4v) is 3.51. The molecule has 0 N–H and O–H groups in total. The summed E-state index contributed by atoms with van der Waals surface area (Å²) in [6.45, 7) is 6.38. The third-order valence-electron chi connectivity index (χ3n) is 4.09. The third kappa shape index (κ3) is 3.45. The Morgan fingerprint density at radius 1 is 0.708 bits per heavy atom. The van der Waals surface area contributed by atoms with Crippen LogP contribution in [0.4, 0.5) is 0 Å². The van der Waals surface area contributed by atoms with Crippen LogP contribution in [0.1, 0.15) is 27.8 Å². The van der Waals surface area contributed by atoms with Crippen LogP contribution in [0.25, 0.3) is 11.1 Å². The zero-order valence-electron chi connectivity index (χ0n) is 14.2. The molecule has 0 aliphatic rings. The van der Waals surface area contributed by atoms with E-state index in [1.54, 1.807) is 0 Å². The highest BCUT2D eigenvalue weighted by Gasteiger charge is 2.06. The largest absolute Gasteiger partial charge is 0.0616 e. The van der Waals surface area contributed by atoms with Crippen LogP contribution in [0.3, 0.4) is 0 Å². The predicted molar refractivity (Wildman–Crippen MR) is 106 cm³/mol. The second kappa shape index (κ2) is 7.07. The second-order valence-electron chi connectivity index (χ2n) is 6.05. The standard InChI is InChI=1S/C23H19Br/c1-16-14-17(2)20(18(3)15-16)13-12-19-8-4-5-9-21(19)22-10-6-7-11-23(22)24/h4-11,14-15H,1-3H3. The lowest BCUT2D eigenvalue weighted by Crippen LogP contribution is -1.90. The normalized spacial score (nSPS) is 10.2. The number of benzene rings is 3. The van der Waals surface area contributed by atoms with E-state index in [0.29, 0.717) is 0 Å². The van der Waals surface area contributed by atoms with Crippen LogP contribution >= 0.6 is 15.9 Å². The van der Waals surface area contributed by atoms with Gasteiger partial charge in [-0.2, -0.15) is 0 Å². The smallest absolute Gasteiger partial charge is 0.0327 e. The van der Waals surface area contributed by atoms with Crippen molar-refractivity contribution in [2.24, 2.45) is 0 Å². The molecular formula is C23H19Br. The lowest BCUT2D eigenvalue weighted by molar-refractivity contribution is 1.30. The summed E-state index contributed by atoms with van der Waals surface area (Å²) < 4.78 is 1.09. The van der Waals surface area contributed by atoms with Gasteiger partial charge in [-0.3, -0.25) is 0 Å². The fraction of sp³-hybridized carbons (Fsp3) is 0.130. The molecule has 0 heterocycles. The molecule has 0 aliphatic carbocycles. The molecule has 0 aromatic heterocycles. The minimum absolute atomic E-state index is 1.05. The van der Waals surface area contributed by atoms with Crippen molar-refractivity contribution in [2.45, 2.75) is 20.8 Å². The van der Waals surface area contributed by atoms with Crippen molar-refractivity contribution in [1.82, 2.24) is 0 Å². The van der Waals surface area contributed by atoms with E-state index in [4.69, 9.17) is 0 Å². The van der Waals surface area contributed by atoms with Gasteiger partial charge in [0, 0.05) is 15.6 Å². The molecule has 0 radical (unpaired) electrons. The summed E-state index contributed by atoms with van der Waals surface area (Å²) in [7, 11) is 0. The Kier molecular flexibility index (Phi) is 4.88. The van der Waals surface area contributed by atoms with E-state index in [9.17, 15) is 0 Å². The van der Waals surface area contributed by atoms with Gasteiger partial charge in [0.1, 0.15) is 0 Å². The minimum Gasteiger partial charge on any atom is -0.0616 e. The van der Waals surface area contributed by atoms with Gasteiger partial charge in [0.15, 0.2) is 0 Å². The third-order valence-corrected chi connectivity index (χ3v) is 4.78. The summed E-state index contributed by atoms with van der Waals surface area (Å²) in [5, 5.41) is 0. The molecule has 0 amide bonds. The number of aryl methyl sites for hydroxylation is 3. The van der Waals surface area contributed by atoms with Gasteiger partial charge in [-0.15, -0.1) is 0 Å². The van der Waals surface area contributed by atoms with Gasteiger partial charge in [-0.25, -0.2) is 0 Å². The van der Waals surface area contributed by atoms with Crippen LogP contribution < -0.4 is 0 Å². The summed E-state index contributed by atoms with van der Waals surface area (Å²) >= 11 is 3.65. The van der Waals surface area contributed by atoms with E-state index >= 15 is 0 Å². The van der Waals surface area contributed by atoms with Gasteiger partial charge in [-0.05, 0) is 55.2 Å². The zero-order chi connectivity index (χ0) is 17.1. The van der Waals surface area contributed by atoms with Gasteiger partial charge in [0.2, 0.25) is 0 Å². The SMILES string of the molecule is Cc1cc(C)c(C#Cc2ccccc2-c2ccccc2Br)c(C)c1. The molecule has 1 heteroatoms. The number of rotatable bonds is 1. The number of hydrogen-bond donors (Lipinski definition) is 0. The topological polar surface area (TPSA) is 0 Å². The van der Waals surface area contributed by atoms with E-state index in [0.717, 1.165) is 21.2 Å². The summed E-state index contributed by atoms with van der Waals surface area (Å²) in [6, 6.07) is 21.0. The highest BCUT2D eigenvalue weighted by molar-refractivity contribution is 9.10. The van der Waals surface area contributed by atoms with Crippen LogP contribution in [-0.2, 0) is 0 Å². The maximum Gasteiger partial charge on any atom is 0.0327 e. The van der Waals surface area contributed by atoms with Gasteiger partial charge >= 0.3 is 0 Å². The van der Waals surface area contributed by atoms with Crippen LogP contribution in [0.5, 0.6) is 0 Å². The molecule has 0 fully saturated rings. The maximum atomic E-state index is 3.65. The van der Waals surface area contributed by atoms with Crippen molar-refractivity contribution in [3.8, 4) is 23.0 Å². The van der Waals surface area contributed by atoms with Crippen LogP contribution in [0.2, 0.25) is 0 Å². The zero-order valence-corrected chi connectivity index (χ0v) is 15.7. The Labute approximate surface area is 152 Å². The average molecular weight is 375 g/mol. The van der Waals surface area contributed by atoms with Crippen LogP contribution in [0, 0.1) is 32.6 Å². The van der Waals surface area contributed by atoms with E-state index in [2.05, 4.69) is 97.1 Å². The van der Waals surface area contributed by atoms with Crippen LogP contribution in [0.15, 0.2) is 65.1 Å². The molecule has 3 aromatic carbocycles. The highest BCUT2D eigenvalue weighted by Crippen LogP contribution is 2.30. The monoisotopic (exact) mass is 374 g/mol. The van der Waals surface area contributed by atoms with Crippen molar-refractivity contribution in [3.63, 3.8) is 0 Å². The molecule has 0 saturated heterocycles. The first-order chi connectivity index (χ1) is 11.6. The Morgan fingerprint density at radius 3 is 1.96 bits per heavy atom. The lowest BCUT2D eigenvalue weighted by Gasteiger charge is -2.08. The fourth-order valence-electron chi connectivity index (χ4n) is 3.01. The Bertz CT molecular complexity index is 932. The molecule has 0 nitrogen and oxygen atoms in total. The van der Waals surface area contributed by atoms with E-state index in [1.165, 1.54) is 22.3 Å². The van der Waals surface area contributed by atoms with Crippen molar-refractivity contribution < 1.29 is 0 Å². The first kappa shape index (κ1) is 16.6. The minimum atomic E-state index is 1.05. The molecule has 3 rings (SSSR count). The Balaban J connectivity index is 2.10. The molecule has 0 atom stereocenters. The summed E-state index contributed by atoms with van der Waals surface area (Å²) in [5.41, 5.74) is 8.24. The van der Waals surface area contributed by atoms with E-state index < -0.39 is 0 Å². The number of halogens is 1. The van der Waals surface area contributed by atoms with Crippen molar-refractivity contribution in [3.05, 3.63) is 93.0 Å². The molecule has 0 saturated carbocycles. The molecule has 0 aliphatic heterocycles. The quantitative estimate of drug-likeness (QED) is 0.429. The molecule has 0 bridgehead atoms. The highest BCUT2D eigenvalue weighted by atomic mass is 79.9. The molecule has 0 unspecified atom stereocenters. The summed E-state index contributed by atoms with van der Waals surface area (Å²) in [4.78, 5) is 0. The van der Waals surface area contributed by atoms with Gasteiger partial charge in [0.05, 0.1) is 0 Å². The van der Waals surface area contributed by atoms with E-state index in [-0.39, 0.29) is 0 Å². The van der Waals surface area contributed by atoms with Crippen molar-refractivity contribution in [1.29, 1.82) is 0 Å². The summed E-state index contributed by atoms with van der Waals surface area (Å²) in [5.74, 6) is 6.77. The second-order valence-corrected chi connectivity index (χ2v) is 6.90. The predicted octanol–water partition coefficient (Wildman–Crippen LogP) is 6.44. The Hall–Kier alpha value is -2.30. The van der Waals surface area contributed by atoms with Gasteiger partial charge in [0.25, 0.3) is 0 Å². The average Bonchev–Trinajstić information content (AvgIpc) is 2.55. The first-order valence-electron chi connectivity index (χ1n) is 8.00. The van der Waals surface area contributed by atoms with Crippen molar-refractivity contribution in [2.75, 3.05) is 0 Å². The molecule has 0 spiro atoms. The van der Waals surface area contributed by atoms with Crippen molar-refractivity contribution >= 4 is 15.9 Å². The number of hydrogen-bond acceptors (Lipinski definition) is 0. The van der Waals surface area contributed by atoms with Gasteiger partial charge in [-0.1, -0.05) is 81.9 Å². The first-order valence-corrected chi connectivity index (χ1v) is 8.79. The lowest BCUT2D eigenvalue weighted by atomic mass is 9.97. The van der Waals surface area contributed by atoms with E-state index in [1.807, 2.05) is 12.1 Å². The molecule has 24 heavy (non-hydrogen) atoms. The molecular weight excluding hydrogens is 356 g/mol. The molecule has 3 aromatic rings. The Morgan fingerprint density at radius 2 is 1.29 bits per heavy atom. The molecule has 118 valence electrons. The summed E-state index contributed by atoms with van der Waals surface area (Å²) in [6.07, 6.45) is 0.